The number of ether oxygens (including phenoxy) is 1. The first-order chi connectivity index (χ1) is 15.5. The van der Waals surface area contributed by atoms with Gasteiger partial charge in [0, 0.05) is 18.7 Å². The average Bonchev–Trinajstić information content (AvgIpc) is 3.33. The van der Waals surface area contributed by atoms with Gasteiger partial charge in [-0.3, -0.25) is 24.1 Å². The molecule has 0 aromatic heterocycles. The van der Waals surface area contributed by atoms with Gasteiger partial charge in [-0.15, -0.1) is 0 Å². The lowest BCUT2D eigenvalue weighted by Gasteiger charge is -2.19. The predicted molar refractivity (Wildman–Crippen MR) is 117 cm³/mol. The van der Waals surface area contributed by atoms with Crippen molar-refractivity contribution in [2.45, 2.75) is 32.1 Å². The molecule has 3 aliphatic rings. The number of para-hydroxylation sites is 1. The molecule has 0 N–H and O–H groups in total. The SMILES string of the molecule is O=C(Oc1ccc(N2C(=O)[C@@H]3CCCC[C@H]3C2=O)cc1)[C@H]1CC(=O)N(c2ccccc2)C1. The standard InChI is InChI=1S/C25H24N2O5/c28-22-14-16(15-26(22)17-6-2-1-3-7-17)25(31)32-19-12-10-18(11-13-19)27-23(29)20-8-4-5-9-21(20)24(27)30/h1-3,6-7,10-13,16,20-21H,4-5,8-9,14-15H2/t16-,20+,21+/m0/s1. The summed E-state index contributed by atoms with van der Waals surface area (Å²) in [7, 11) is 0. The van der Waals surface area contributed by atoms with E-state index in [1.807, 2.05) is 30.3 Å². The van der Waals surface area contributed by atoms with Crippen LogP contribution in [0.1, 0.15) is 32.1 Å². The predicted octanol–water partition coefficient (Wildman–Crippen LogP) is 3.32. The number of imide groups is 1. The van der Waals surface area contributed by atoms with Crippen molar-refractivity contribution >= 4 is 35.1 Å². The molecule has 164 valence electrons. The number of carbonyl (C=O) groups excluding carboxylic acids is 4. The summed E-state index contributed by atoms with van der Waals surface area (Å²) in [5, 5.41) is 0. The number of benzene rings is 2. The zero-order chi connectivity index (χ0) is 22.2. The second-order valence-electron chi connectivity index (χ2n) is 8.67. The lowest BCUT2D eigenvalue weighted by molar-refractivity contribution is -0.139. The smallest absolute Gasteiger partial charge is 0.316 e. The zero-order valence-electron chi connectivity index (χ0n) is 17.6. The number of nitrogens with zero attached hydrogens (tertiary/aromatic N) is 2. The van der Waals surface area contributed by atoms with Crippen molar-refractivity contribution in [1.29, 1.82) is 0 Å². The van der Waals surface area contributed by atoms with Crippen molar-refractivity contribution in [3.8, 4) is 5.75 Å². The van der Waals surface area contributed by atoms with E-state index in [0.29, 0.717) is 11.4 Å². The van der Waals surface area contributed by atoms with Crippen LogP contribution in [0.2, 0.25) is 0 Å². The molecule has 2 aromatic rings. The van der Waals surface area contributed by atoms with Gasteiger partial charge in [0.2, 0.25) is 17.7 Å². The molecule has 0 bridgehead atoms. The van der Waals surface area contributed by atoms with E-state index in [0.717, 1.165) is 31.4 Å². The van der Waals surface area contributed by atoms with Crippen LogP contribution >= 0.6 is 0 Å². The maximum absolute atomic E-state index is 12.7. The second kappa shape index (κ2) is 8.22. The Hall–Kier alpha value is -3.48. The highest BCUT2D eigenvalue weighted by Crippen LogP contribution is 2.40. The van der Waals surface area contributed by atoms with E-state index in [2.05, 4.69) is 0 Å². The van der Waals surface area contributed by atoms with Crippen molar-refractivity contribution in [2.75, 3.05) is 16.3 Å². The quantitative estimate of drug-likeness (QED) is 0.420. The molecule has 3 atom stereocenters. The third-order valence-corrected chi connectivity index (χ3v) is 6.68. The van der Waals surface area contributed by atoms with Crippen molar-refractivity contribution in [1.82, 2.24) is 0 Å². The topological polar surface area (TPSA) is 84.0 Å². The highest BCUT2D eigenvalue weighted by Gasteiger charge is 2.48. The molecule has 3 amide bonds. The molecular weight excluding hydrogens is 408 g/mol. The Balaban J connectivity index is 1.24. The Morgan fingerprint density at radius 3 is 2.06 bits per heavy atom. The number of rotatable bonds is 4. The summed E-state index contributed by atoms with van der Waals surface area (Å²) >= 11 is 0. The molecule has 2 aromatic carbocycles. The van der Waals surface area contributed by atoms with E-state index in [4.69, 9.17) is 4.74 Å². The van der Waals surface area contributed by atoms with Crippen LogP contribution in [0.4, 0.5) is 11.4 Å². The molecule has 0 radical (unpaired) electrons. The molecule has 2 aliphatic heterocycles. The molecule has 2 heterocycles. The first-order valence-electron chi connectivity index (χ1n) is 11.1. The van der Waals surface area contributed by atoms with E-state index < -0.39 is 11.9 Å². The Kier molecular flexibility index (Phi) is 5.25. The number of fused-ring (bicyclic) bond motifs is 1. The van der Waals surface area contributed by atoms with Crippen molar-refractivity contribution < 1.29 is 23.9 Å². The third-order valence-electron chi connectivity index (χ3n) is 6.68. The monoisotopic (exact) mass is 432 g/mol. The number of hydrogen-bond donors (Lipinski definition) is 0. The van der Waals surface area contributed by atoms with Crippen molar-refractivity contribution in [3.05, 3.63) is 54.6 Å². The second-order valence-corrected chi connectivity index (χ2v) is 8.67. The normalized spacial score (nSPS) is 25.2. The fourth-order valence-corrected chi connectivity index (χ4v) is 5.00. The van der Waals surface area contributed by atoms with E-state index in [1.165, 1.54) is 4.90 Å². The Bertz CT molecular complexity index is 1040. The van der Waals surface area contributed by atoms with Crippen LogP contribution in [0.5, 0.6) is 5.75 Å². The van der Waals surface area contributed by atoms with Gasteiger partial charge >= 0.3 is 5.97 Å². The van der Waals surface area contributed by atoms with Gasteiger partial charge in [0.1, 0.15) is 5.75 Å². The van der Waals surface area contributed by atoms with Gasteiger partial charge in [-0.25, -0.2) is 0 Å². The van der Waals surface area contributed by atoms with Crippen molar-refractivity contribution in [2.24, 2.45) is 17.8 Å². The number of esters is 1. The van der Waals surface area contributed by atoms with Crippen molar-refractivity contribution in [3.63, 3.8) is 0 Å². The van der Waals surface area contributed by atoms with Crippen LogP contribution in [0.25, 0.3) is 0 Å². The molecule has 3 fully saturated rings. The van der Waals surface area contributed by atoms with Gasteiger partial charge in [0.25, 0.3) is 0 Å². The first kappa shape index (κ1) is 20.4. The maximum atomic E-state index is 12.7. The van der Waals surface area contributed by atoms with Crippen LogP contribution in [0.15, 0.2) is 54.6 Å². The van der Waals surface area contributed by atoms with E-state index >= 15 is 0 Å². The fraction of sp³-hybridized carbons (Fsp3) is 0.360. The molecule has 2 saturated heterocycles. The van der Waals surface area contributed by atoms with Crippen LogP contribution < -0.4 is 14.5 Å². The minimum Gasteiger partial charge on any atom is -0.426 e. The van der Waals surface area contributed by atoms with Gasteiger partial charge in [0.05, 0.1) is 23.4 Å². The summed E-state index contributed by atoms with van der Waals surface area (Å²) in [6, 6.07) is 15.7. The summed E-state index contributed by atoms with van der Waals surface area (Å²) in [6.45, 7) is 0.277. The summed E-state index contributed by atoms with van der Waals surface area (Å²) in [5.41, 5.74) is 1.26. The lowest BCUT2D eigenvalue weighted by Crippen LogP contribution is -2.30. The molecule has 32 heavy (non-hydrogen) atoms. The van der Waals surface area contributed by atoms with Gasteiger partial charge in [-0.1, -0.05) is 31.0 Å². The molecule has 7 heteroatoms. The fourth-order valence-electron chi connectivity index (χ4n) is 5.00. The number of amides is 3. The lowest BCUT2D eigenvalue weighted by atomic mass is 9.81. The van der Waals surface area contributed by atoms with Crippen LogP contribution in [0.3, 0.4) is 0 Å². The highest BCUT2D eigenvalue weighted by atomic mass is 16.5. The Morgan fingerprint density at radius 1 is 0.812 bits per heavy atom. The largest absolute Gasteiger partial charge is 0.426 e. The number of carbonyl (C=O) groups is 4. The number of hydrogen-bond acceptors (Lipinski definition) is 5. The molecule has 0 spiro atoms. The average molecular weight is 432 g/mol. The molecular formula is C25H24N2O5. The van der Waals surface area contributed by atoms with Crippen LogP contribution in [0, 0.1) is 17.8 Å². The Labute approximate surface area is 185 Å². The van der Waals surface area contributed by atoms with Gasteiger partial charge < -0.3 is 9.64 Å². The Morgan fingerprint density at radius 2 is 1.44 bits per heavy atom. The molecule has 0 unspecified atom stereocenters. The van der Waals surface area contributed by atoms with Gasteiger partial charge in [0.15, 0.2) is 0 Å². The summed E-state index contributed by atoms with van der Waals surface area (Å²) in [5.74, 6) is -1.48. The maximum Gasteiger partial charge on any atom is 0.316 e. The minimum absolute atomic E-state index is 0.103. The molecule has 1 saturated carbocycles. The third kappa shape index (κ3) is 3.57. The molecule has 7 nitrogen and oxygen atoms in total. The summed E-state index contributed by atoms with van der Waals surface area (Å²) in [4.78, 5) is 53.4. The first-order valence-corrected chi connectivity index (χ1v) is 11.1. The van der Waals surface area contributed by atoms with Crippen LogP contribution in [-0.4, -0.2) is 30.2 Å². The summed E-state index contributed by atoms with van der Waals surface area (Å²) < 4.78 is 5.49. The zero-order valence-corrected chi connectivity index (χ0v) is 17.6. The number of anilines is 2. The van der Waals surface area contributed by atoms with E-state index in [1.54, 1.807) is 29.2 Å². The van der Waals surface area contributed by atoms with Gasteiger partial charge in [-0.2, -0.15) is 0 Å². The molecule has 1 aliphatic carbocycles. The minimum atomic E-state index is -0.549. The van der Waals surface area contributed by atoms with E-state index in [-0.39, 0.29) is 42.5 Å². The molecule has 5 rings (SSSR count). The van der Waals surface area contributed by atoms with E-state index in [9.17, 15) is 19.2 Å². The van der Waals surface area contributed by atoms with Crippen LogP contribution in [-0.2, 0) is 19.2 Å². The van der Waals surface area contributed by atoms with Gasteiger partial charge in [-0.05, 0) is 49.2 Å². The highest BCUT2D eigenvalue weighted by molar-refractivity contribution is 6.22. The summed E-state index contributed by atoms with van der Waals surface area (Å²) in [6.07, 6.45) is 3.59.